The summed E-state index contributed by atoms with van der Waals surface area (Å²) in [6, 6.07) is 13.2. The number of amides is 1. The number of benzene rings is 2. The smallest absolute Gasteiger partial charge is 0.358 e. The Balaban J connectivity index is 1.64. The van der Waals surface area contributed by atoms with Gasteiger partial charge in [-0.2, -0.15) is 0 Å². The Hall–Kier alpha value is -3.19. The Morgan fingerprint density at radius 3 is 2.52 bits per heavy atom. The van der Waals surface area contributed by atoms with E-state index in [-0.39, 0.29) is 5.69 Å². The van der Waals surface area contributed by atoms with E-state index in [2.05, 4.69) is 10.3 Å². The summed E-state index contributed by atoms with van der Waals surface area (Å²) in [4.78, 5) is 29.1. The van der Waals surface area contributed by atoms with Crippen molar-refractivity contribution in [1.29, 1.82) is 0 Å². The van der Waals surface area contributed by atoms with E-state index in [0.29, 0.717) is 10.7 Å². The summed E-state index contributed by atoms with van der Waals surface area (Å²) in [6.45, 7) is 5.39. The van der Waals surface area contributed by atoms with Crippen LogP contribution in [0.25, 0.3) is 10.6 Å². The van der Waals surface area contributed by atoms with Gasteiger partial charge in [0.15, 0.2) is 11.8 Å². The SMILES string of the molecule is COc1ccc(-c2nc(C(=O)OC(C)C(=O)Nc3cc(C)ccc3C)cs2)cc1. The van der Waals surface area contributed by atoms with Crippen molar-refractivity contribution in [2.24, 2.45) is 0 Å². The van der Waals surface area contributed by atoms with E-state index >= 15 is 0 Å². The topological polar surface area (TPSA) is 77.5 Å². The second-order valence-corrected chi connectivity index (χ2v) is 7.48. The molecule has 7 heteroatoms. The van der Waals surface area contributed by atoms with Gasteiger partial charge in [-0.1, -0.05) is 12.1 Å². The lowest BCUT2D eigenvalue weighted by Crippen LogP contribution is -2.30. The lowest BCUT2D eigenvalue weighted by atomic mass is 10.1. The summed E-state index contributed by atoms with van der Waals surface area (Å²) in [5, 5.41) is 5.11. The number of rotatable bonds is 6. The first-order chi connectivity index (χ1) is 13.9. The first-order valence-electron chi connectivity index (χ1n) is 9.06. The largest absolute Gasteiger partial charge is 0.497 e. The number of ether oxygens (including phenoxy) is 2. The maximum absolute atomic E-state index is 12.4. The molecule has 0 spiro atoms. The Kier molecular flexibility index (Phi) is 6.29. The number of anilines is 1. The van der Waals surface area contributed by atoms with Crippen molar-refractivity contribution in [3.05, 3.63) is 64.7 Å². The summed E-state index contributed by atoms with van der Waals surface area (Å²) < 4.78 is 10.4. The molecule has 1 atom stereocenters. The highest BCUT2D eigenvalue weighted by Crippen LogP contribution is 2.26. The van der Waals surface area contributed by atoms with Gasteiger partial charge in [0.2, 0.25) is 0 Å². The van der Waals surface area contributed by atoms with E-state index in [4.69, 9.17) is 9.47 Å². The summed E-state index contributed by atoms with van der Waals surface area (Å²) in [5.74, 6) is -0.282. The number of hydrogen-bond donors (Lipinski definition) is 1. The number of carbonyl (C=O) groups excluding carboxylic acids is 2. The molecule has 3 rings (SSSR count). The van der Waals surface area contributed by atoms with Gasteiger partial charge in [0, 0.05) is 16.6 Å². The van der Waals surface area contributed by atoms with Crippen LogP contribution in [0.15, 0.2) is 47.8 Å². The fraction of sp³-hybridized carbons (Fsp3) is 0.227. The molecule has 0 aliphatic carbocycles. The number of methoxy groups -OCH3 is 1. The fourth-order valence-corrected chi connectivity index (χ4v) is 3.41. The van der Waals surface area contributed by atoms with E-state index < -0.39 is 18.0 Å². The molecule has 150 valence electrons. The molecule has 0 bridgehead atoms. The van der Waals surface area contributed by atoms with Gasteiger partial charge in [-0.25, -0.2) is 9.78 Å². The number of thiazole rings is 1. The Morgan fingerprint density at radius 2 is 1.83 bits per heavy atom. The Bertz CT molecular complexity index is 1030. The summed E-state index contributed by atoms with van der Waals surface area (Å²) in [6.07, 6.45) is -0.950. The van der Waals surface area contributed by atoms with Crippen LogP contribution in [0.5, 0.6) is 5.75 Å². The normalized spacial score (nSPS) is 11.6. The van der Waals surface area contributed by atoms with Crippen LogP contribution in [0.3, 0.4) is 0 Å². The molecule has 29 heavy (non-hydrogen) atoms. The first kappa shape index (κ1) is 20.5. The van der Waals surface area contributed by atoms with Gasteiger partial charge in [-0.15, -0.1) is 11.3 Å². The highest BCUT2D eigenvalue weighted by molar-refractivity contribution is 7.13. The highest BCUT2D eigenvalue weighted by atomic mass is 32.1. The van der Waals surface area contributed by atoms with Crippen LogP contribution in [-0.4, -0.2) is 30.1 Å². The fourth-order valence-electron chi connectivity index (χ4n) is 2.61. The number of aromatic nitrogens is 1. The molecule has 1 amide bonds. The quantitative estimate of drug-likeness (QED) is 0.600. The zero-order valence-electron chi connectivity index (χ0n) is 16.7. The maximum atomic E-state index is 12.4. The second kappa shape index (κ2) is 8.87. The van der Waals surface area contributed by atoms with Crippen LogP contribution in [0, 0.1) is 13.8 Å². The van der Waals surface area contributed by atoms with Crippen LogP contribution in [0.4, 0.5) is 5.69 Å². The number of nitrogens with zero attached hydrogens (tertiary/aromatic N) is 1. The molecule has 3 aromatic rings. The lowest BCUT2D eigenvalue weighted by Gasteiger charge is -2.14. The molecule has 1 aromatic heterocycles. The van der Waals surface area contributed by atoms with Crippen LogP contribution in [0.1, 0.15) is 28.5 Å². The predicted octanol–water partition coefficient (Wildman–Crippen LogP) is 4.62. The third-order valence-corrected chi connectivity index (χ3v) is 5.25. The molecular formula is C22H22N2O4S. The minimum absolute atomic E-state index is 0.173. The molecule has 0 fully saturated rings. The monoisotopic (exact) mass is 410 g/mol. The standard InChI is InChI=1S/C22H22N2O4S/c1-13-5-6-14(2)18(11-13)23-20(25)15(3)28-22(26)19-12-29-21(24-19)16-7-9-17(27-4)10-8-16/h5-12,15H,1-4H3,(H,23,25). The van der Waals surface area contributed by atoms with Crippen LogP contribution in [0.2, 0.25) is 0 Å². The van der Waals surface area contributed by atoms with Crippen LogP contribution >= 0.6 is 11.3 Å². The first-order valence-corrected chi connectivity index (χ1v) is 9.94. The third kappa shape index (κ3) is 5.00. The summed E-state index contributed by atoms with van der Waals surface area (Å²) >= 11 is 1.33. The minimum atomic E-state index is -0.950. The van der Waals surface area contributed by atoms with Crippen LogP contribution in [-0.2, 0) is 9.53 Å². The van der Waals surface area contributed by atoms with Crippen molar-refractivity contribution in [2.45, 2.75) is 26.9 Å². The number of nitrogens with one attached hydrogen (secondary N) is 1. The van der Waals surface area contributed by atoms with Gasteiger partial charge in [0.05, 0.1) is 7.11 Å². The minimum Gasteiger partial charge on any atom is -0.497 e. The zero-order chi connectivity index (χ0) is 21.0. The number of aryl methyl sites for hydroxylation is 2. The van der Waals surface area contributed by atoms with Crippen molar-refractivity contribution in [3.8, 4) is 16.3 Å². The van der Waals surface area contributed by atoms with Crippen molar-refractivity contribution in [3.63, 3.8) is 0 Å². The molecule has 0 aliphatic heterocycles. The molecule has 1 N–H and O–H groups in total. The average molecular weight is 410 g/mol. The van der Waals surface area contributed by atoms with Crippen molar-refractivity contribution in [2.75, 3.05) is 12.4 Å². The second-order valence-electron chi connectivity index (χ2n) is 6.62. The molecule has 0 radical (unpaired) electrons. The molecule has 0 aliphatic rings. The molecule has 0 saturated heterocycles. The van der Waals surface area contributed by atoms with Gasteiger partial charge in [-0.3, -0.25) is 4.79 Å². The van der Waals surface area contributed by atoms with Gasteiger partial charge < -0.3 is 14.8 Å². The van der Waals surface area contributed by atoms with Gasteiger partial charge >= 0.3 is 5.97 Å². The van der Waals surface area contributed by atoms with Crippen LogP contribution < -0.4 is 10.1 Å². The Labute approximate surface area is 173 Å². The Morgan fingerprint density at radius 1 is 1.10 bits per heavy atom. The molecule has 6 nitrogen and oxygen atoms in total. The predicted molar refractivity (Wildman–Crippen MR) is 114 cm³/mol. The molecule has 0 saturated carbocycles. The number of hydrogen-bond acceptors (Lipinski definition) is 6. The van der Waals surface area contributed by atoms with E-state index in [0.717, 1.165) is 22.4 Å². The van der Waals surface area contributed by atoms with E-state index in [1.165, 1.54) is 18.3 Å². The molecule has 1 unspecified atom stereocenters. The van der Waals surface area contributed by atoms with Gasteiger partial charge in [0.1, 0.15) is 10.8 Å². The van der Waals surface area contributed by atoms with E-state index in [1.807, 2.05) is 56.3 Å². The molecular weight excluding hydrogens is 388 g/mol. The number of esters is 1. The molecule has 1 heterocycles. The number of carbonyl (C=O) groups is 2. The van der Waals surface area contributed by atoms with Crippen molar-refractivity contribution < 1.29 is 19.1 Å². The maximum Gasteiger partial charge on any atom is 0.358 e. The van der Waals surface area contributed by atoms with E-state index in [9.17, 15) is 9.59 Å². The van der Waals surface area contributed by atoms with Gasteiger partial charge in [0.25, 0.3) is 5.91 Å². The molecule has 2 aromatic carbocycles. The van der Waals surface area contributed by atoms with Crippen molar-refractivity contribution >= 4 is 28.9 Å². The van der Waals surface area contributed by atoms with Crippen molar-refractivity contribution in [1.82, 2.24) is 4.98 Å². The highest BCUT2D eigenvalue weighted by Gasteiger charge is 2.21. The summed E-state index contributed by atoms with van der Waals surface area (Å²) in [5.41, 5.74) is 3.71. The van der Waals surface area contributed by atoms with E-state index in [1.54, 1.807) is 12.5 Å². The third-order valence-electron chi connectivity index (χ3n) is 4.35. The average Bonchev–Trinajstić information content (AvgIpc) is 3.21. The summed E-state index contributed by atoms with van der Waals surface area (Å²) in [7, 11) is 1.60. The zero-order valence-corrected chi connectivity index (χ0v) is 17.5. The van der Waals surface area contributed by atoms with Gasteiger partial charge in [-0.05, 0) is 62.2 Å². The lowest BCUT2D eigenvalue weighted by molar-refractivity contribution is -0.123.